The Bertz CT molecular complexity index is 559. The molecule has 0 aliphatic heterocycles. The number of hydrogen-bond acceptors (Lipinski definition) is 3. The molecule has 3 saturated carbocycles. The van der Waals surface area contributed by atoms with Crippen LogP contribution in [0.2, 0.25) is 5.15 Å². The minimum Gasteiger partial charge on any atom is -0.248 e. The molecule has 3 aliphatic rings. The number of hydrogen-bond donors (Lipinski definition) is 0. The van der Waals surface area contributed by atoms with Crippen molar-refractivity contribution in [3.05, 3.63) is 17.5 Å². The summed E-state index contributed by atoms with van der Waals surface area (Å²) in [5, 5.41) is 4.80. The molecule has 2 aromatic heterocycles. The number of fused-ring (bicyclic) bond motifs is 1. The Morgan fingerprint density at radius 3 is 2.88 bits per heavy atom. The molecule has 0 radical (unpaired) electrons. The number of aromatic nitrogens is 4. The third-order valence-electron chi connectivity index (χ3n) is 3.97. The van der Waals surface area contributed by atoms with Crippen molar-refractivity contribution in [2.24, 2.45) is 11.3 Å². The van der Waals surface area contributed by atoms with Gasteiger partial charge in [-0.25, -0.2) is 14.6 Å². The van der Waals surface area contributed by atoms with Gasteiger partial charge in [-0.05, 0) is 30.6 Å². The second kappa shape index (κ2) is 2.74. The molecule has 5 rings (SSSR count). The molecular weight excluding hydrogens is 224 g/mol. The smallest absolute Gasteiger partial charge is 0.178 e. The third kappa shape index (κ3) is 1.08. The van der Waals surface area contributed by atoms with Crippen molar-refractivity contribution < 1.29 is 0 Å². The Morgan fingerprint density at radius 2 is 2.19 bits per heavy atom. The Labute approximate surface area is 97.6 Å². The largest absolute Gasteiger partial charge is 0.248 e. The fraction of sp³-hybridized carbons (Fsp3) is 0.545. The zero-order chi connectivity index (χ0) is 10.8. The van der Waals surface area contributed by atoms with Gasteiger partial charge in [-0.15, -0.1) is 0 Å². The van der Waals surface area contributed by atoms with E-state index >= 15 is 0 Å². The fourth-order valence-corrected chi connectivity index (χ4v) is 3.24. The van der Waals surface area contributed by atoms with E-state index in [1.165, 1.54) is 19.3 Å². The van der Waals surface area contributed by atoms with E-state index in [9.17, 15) is 0 Å². The van der Waals surface area contributed by atoms with E-state index in [0.717, 1.165) is 23.6 Å². The standard InChI is InChI=1S/C11H11ClN4/c12-9-5-13-8-4-14-16(10(8)15-9)6-11-1-7(2-11)3-11/h4-5,7H,1-3,6H2. The highest BCUT2D eigenvalue weighted by Crippen LogP contribution is 2.65. The van der Waals surface area contributed by atoms with Crippen molar-refractivity contribution in [1.82, 2.24) is 19.7 Å². The molecule has 0 saturated heterocycles. The second-order valence-corrected chi connectivity index (χ2v) is 5.57. The van der Waals surface area contributed by atoms with Gasteiger partial charge in [0.15, 0.2) is 5.65 Å². The highest BCUT2D eigenvalue weighted by molar-refractivity contribution is 6.29. The van der Waals surface area contributed by atoms with Crippen molar-refractivity contribution in [3.8, 4) is 0 Å². The van der Waals surface area contributed by atoms with Crippen molar-refractivity contribution in [3.63, 3.8) is 0 Å². The first-order chi connectivity index (χ1) is 7.74. The molecule has 82 valence electrons. The first kappa shape index (κ1) is 8.93. The van der Waals surface area contributed by atoms with Crippen LogP contribution in [0.4, 0.5) is 0 Å². The Hall–Kier alpha value is -1.16. The molecule has 0 unspecified atom stereocenters. The molecule has 2 bridgehead atoms. The summed E-state index contributed by atoms with van der Waals surface area (Å²) in [6.07, 6.45) is 7.42. The van der Waals surface area contributed by atoms with Gasteiger partial charge in [0.2, 0.25) is 0 Å². The summed E-state index contributed by atoms with van der Waals surface area (Å²) in [5.41, 5.74) is 2.17. The summed E-state index contributed by atoms with van der Waals surface area (Å²) in [6, 6.07) is 0. The first-order valence-electron chi connectivity index (χ1n) is 5.58. The van der Waals surface area contributed by atoms with E-state index in [2.05, 4.69) is 15.1 Å². The molecule has 4 nitrogen and oxygen atoms in total. The zero-order valence-electron chi connectivity index (χ0n) is 8.73. The van der Waals surface area contributed by atoms with Gasteiger partial charge in [-0.3, -0.25) is 0 Å². The van der Waals surface area contributed by atoms with Crippen LogP contribution in [0.15, 0.2) is 12.4 Å². The summed E-state index contributed by atoms with van der Waals surface area (Å²) in [7, 11) is 0. The van der Waals surface area contributed by atoms with Crippen LogP contribution in [0.3, 0.4) is 0 Å². The van der Waals surface area contributed by atoms with E-state index in [4.69, 9.17) is 11.6 Å². The van der Waals surface area contributed by atoms with Crippen LogP contribution < -0.4 is 0 Å². The summed E-state index contributed by atoms with van der Waals surface area (Å²) in [6.45, 7) is 0.974. The van der Waals surface area contributed by atoms with Crippen molar-refractivity contribution in [2.45, 2.75) is 25.8 Å². The van der Waals surface area contributed by atoms with Crippen LogP contribution >= 0.6 is 11.6 Å². The fourth-order valence-electron chi connectivity index (χ4n) is 3.11. The van der Waals surface area contributed by atoms with Crippen LogP contribution in [0.1, 0.15) is 19.3 Å². The lowest BCUT2D eigenvalue weighted by Crippen LogP contribution is -2.54. The van der Waals surface area contributed by atoms with Crippen molar-refractivity contribution in [2.75, 3.05) is 0 Å². The monoisotopic (exact) mass is 234 g/mol. The summed E-state index contributed by atoms with van der Waals surface area (Å²) >= 11 is 5.86. The Balaban J connectivity index is 1.76. The Morgan fingerprint density at radius 1 is 1.38 bits per heavy atom. The predicted molar refractivity (Wildman–Crippen MR) is 60.1 cm³/mol. The maximum atomic E-state index is 5.86. The molecule has 0 aromatic carbocycles. The normalized spacial score (nSPS) is 31.2. The third-order valence-corrected chi connectivity index (χ3v) is 4.15. The van der Waals surface area contributed by atoms with E-state index in [1.807, 2.05) is 4.68 Å². The summed E-state index contributed by atoms with van der Waals surface area (Å²) < 4.78 is 1.96. The highest BCUT2D eigenvalue weighted by atomic mass is 35.5. The maximum absolute atomic E-state index is 5.86. The number of halogens is 1. The van der Waals surface area contributed by atoms with Gasteiger partial charge in [-0.1, -0.05) is 11.6 Å². The molecule has 3 fully saturated rings. The summed E-state index contributed by atoms with van der Waals surface area (Å²) in [5.74, 6) is 0.997. The lowest BCUT2D eigenvalue weighted by molar-refractivity contribution is -0.119. The molecule has 0 N–H and O–H groups in total. The molecule has 2 heterocycles. The molecule has 0 amide bonds. The van der Waals surface area contributed by atoms with Crippen molar-refractivity contribution in [1.29, 1.82) is 0 Å². The van der Waals surface area contributed by atoms with Crippen LogP contribution in [0.5, 0.6) is 0 Å². The molecule has 16 heavy (non-hydrogen) atoms. The number of rotatable bonds is 2. The average molecular weight is 235 g/mol. The van der Waals surface area contributed by atoms with Crippen LogP contribution in [-0.4, -0.2) is 19.7 Å². The van der Waals surface area contributed by atoms with Gasteiger partial charge in [0.05, 0.1) is 12.4 Å². The highest BCUT2D eigenvalue weighted by Gasteiger charge is 2.56. The van der Waals surface area contributed by atoms with E-state index < -0.39 is 0 Å². The van der Waals surface area contributed by atoms with E-state index in [0.29, 0.717) is 10.6 Å². The van der Waals surface area contributed by atoms with Gasteiger partial charge in [0, 0.05) is 6.54 Å². The van der Waals surface area contributed by atoms with Gasteiger partial charge < -0.3 is 0 Å². The lowest BCUT2D eigenvalue weighted by Gasteiger charge is -2.61. The topological polar surface area (TPSA) is 43.6 Å². The van der Waals surface area contributed by atoms with Crippen LogP contribution in [-0.2, 0) is 6.54 Å². The minimum absolute atomic E-state index is 0.437. The predicted octanol–water partition coefficient (Wildman–Crippen LogP) is 2.28. The summed E-state index contributed by atoms with van der Waals surface area (Å²) in [4.78, 5) is 8.51. The SMILES string of the molecule is Clc1cnc2cnn(CC34CC(C3)C4)c2n1. The first-order valence-corrected chi connectivity index (χ1v) is 5.96. The second-order valence-electron chi connectivity index (χ2n) is 5.18. The lowest BCUT2D eigenvalue weighted by atomic mass is 9.44. The molecule has 0 spiro atoms. The molecular formula is C11H11ClN4. The molecule has 0 atom stereocenters. The van der Waals surface area contributed by atoms with Crippen molar-refractivity contribution >= 4 is 22.8 Å². The van der Waals surface area contributed by atoms with Gasteiger partial charge >= 0.3 is 0 Å². The van der Waals surface area contributed by atoms with E-state index in [-0.39, 0.29) is 0 Å². The molecule has 2 aromatic rings. The quantitative estimate of drug-likeness (QED) is 0.801. The molecule has 5 heteroatoms. The van der Waals surface area contributed by atoms with Crippen LogP contribution in [0.25, 0.3) is 11.2 Å². The van der Waals surface area contributed by atoms with Gasteiger partial charge in [-0.2, -0.15) is 5.10 Å². The Kier molecular flexibility index (Phi) is 1.53. The van der Waals surface area contributed by atoms with Crippen LogP contribution in [0, 0.1) is 11.3 Å². The average Bonchev–Trinajstić information content (AvgIpc) is 2.52. The minimum atomic E-state index is 0.437. The van der Waals surface area contributed by atoms with Gasteiger partial charge in [0.1, 0.15) is 10.7 Å². The van der Waals surface area contributed by atoms with Gasteiger partial charge in [0.25, 0.3) is 0 Å². The number of nitrogens with zero attached hydrogens (tertiary/aromatic N) is 4. The maximum Gasteiger partial charge on any atom is 0.178 e. The van der Waals surface area contributed by atoms with E-state index in [1.54, 1.807) is 12.4 Å². The molecule has 3 aliphatic carbocycles. The zero-order valence-corrected chi connectivity index (χ0v) is 9.48.